The molecule has 5 nitrogen and oxygen atoms in total. The number of nitrogens with zero attached hydrogens (tertiary/aromatic N) is 2. The van der Waals surface area contributed by atoms with Crippen LogP contribution < -0.4 is 5.32 Å². The lowest BCUT2D eigenvalue weighted by Gasteiger charge is -2.18. The molecule has 1 heterocycles. The van der Waals surface area contributed by atoms with E-state index in [1.54, 1.807) is 35.2 Å². The van der Waals surface area contributed by atoms with Crippen molar-refractivity contribution in [1.82, 2.24) is 9.88 Å². The maximum Gasteiger partial charge on any atom is 0.274 e. The van der Waals surface area contributed by atoms with Gasteiger partial charge >= 0.3 is 0 Å². The molecular formula is C17H18ClN3O2. The molecule has 0 unspecified atom stereocenters. The lowest BCUT2D eigenvalue weighted by molar-refractivity contribution is 0.0773. The van der Waals surface area contributed by atoms with Crippen LogP contribution in [0.1, 0.15) is 34.7 Å². The topological polar surface area (TPSA) is 62.3 Å². The summed E-state index contributed by atoms with van der Waals surface area (Å²) in [5, 5.41) is 3.24. The number of carbonyl (C=O) groups is 2. The average Bonchev–Trinajstić information content (AvgIpc) is 2.56. The molecule has 120 valence electrons. The van der Waals surface area contributed by atoms with E-state index in [0.717, 1.165) is 0 Å². The van der Waals surface area contributed by atoms with Gasteiger partial charge in [-0.1, -0.05) is 17.7 Å². The number of rotatable bonds is 5. The summed E-state index contributed by atoms with van der Waals surface area (Å²) in [6.45, 7) is 5.05. The van der Waals surface area contributed by atoms with Crippen LogP contribution in [0.25, 0.3) is 0 Å². The Morgan fingerprint density at radius 3 is 2.57 bits per heavy atom. The fraction of sp³-hybridized carbons (Fsp3) is 0.235. The van der Waals surface area contributed by atoms with Crippen LogP contribution in [0, 0.1) is 0 Å². The summed E-state index contributed by atoms with van der Waals surface area (Å²) in [5.41, 5.74) is 1.20. The highest BCUT2D eigenvalue weighted by Crippen LogP contribution is 2.16. The van der Waals surface area contributed by atoms with Gasteiger partial charge < -0.3 is 10.2 Å². The minimum atomic E-state index is -0.388. The zero-order valence-electron chi connectivity index (χ0n) is 13.0. The van der Waals surface area contributed by atoms with Gasteiger partial charge in [-0.2, -0.15) is 0 Å². The first-order chi connectivity index (χ1) is 11.0. The second-order valence-electron chi connectivity index (χ2n) is 4.87. The molecule has 0 saturated heterocycles. The predicted molar refractivity (Wildman–Crippen MR) is 90.9 cm³/mol. The third kappa shape index (κ3) is 4.29. The van der Waals surface area contributed by atoms with Crippen molar-refractivity contribution in [3.8, 4) is 0 Å². The van der Waals surface area contributed by atoms with Crippen LogP contribution in [0.3, 0.4) is 0 Å². The number of amides is 2. The summed E-state index contributed by atoms with van der Waals surface area (Å²) in [4.78, 5) is 30.3. The number of benzene rings is 1. The molecular weight excluding hydrogens is 314 g/mol. The smallest absolute Gasteiger partial charge is 0.274 e. The summed E-state index contributed by atoms with van der Waals surface area (Å²) >= 11 is 5.89. The maximum absolute atomic E-state index is 12.3. The van der Waals surface area contributed by atoms with Crippen molar-refractivity contribution in [3.63, 3.8) is 0 Å². The fourth-order valence-corrected chi connectivity index (χ4v) is 2.33. The Morgan fingerprint density at radius 2 is 1.91 bits per heavy atom. The monoisotopic (exact) mass is 331 g/mol. The van der Waals surface area contributed by atoms with Crippen LogP contribution in [0.2, 0.25) is 5.02 Å². The highest BCUT2D eigenvalue weighted by atomic mass is 35.5. The predicted octanol–water partition coefficient (Wildman–Crippen LogP) is 3.47. The zero-order valence-corrected chi connectivity index (χ0v) is 13.8. The van der Waals surface area contributed by atoms with Gasteiger partial charge in [0.1, 0.15) is 5.69 Å². The first kappa shape index (κ1) is 17.0. The molecule has 0 aliphatic rings. The number of hydrogen-bond donors (Lipinski definition) is 1. The number of hydrogen-bond acceptors (Lipinski definition) is 3. The SMILES string of the molecule is CCN(CC)C(=O)c1ccnc(C(=O)Nc2cccc(Cl)c2)c1. The first-order valence-corrected chi connectivity index (χ1v) is 7.75. The van der Waals surface area contributed by atoms with Crippen LogP contribution in [-0.2, 0) is 0 Å². The van der Waals surface area contributed by atoms with Crippen LogP contribution in [0.15, 0.2) is 42.6 Å². The van der Waals surface area contributed by atoms with Crippen LogP contribution in [0.5, 0.6) is 0 Å². The van der Waals surface area contributed by atoms with E-state index in [4.69, 9.17) is 11.6 Å². The molecule has 0 aliphatic carbocycles. The van der Waals surface area contributed by atoms with Crippen molar-refractivity contribution in [2.75, 3.05) is 18.4 Å². The average molecular weight is 332 g/mol. The minimum absolute atomic E-state index is 0.116. The van der Waals surface area contributed by atoms with Crippen molar-refractivity contribution in [1.29, 1.82) is 0 Å². The Kier molecular flexibility index (Phi) is 5.71. The van der Waals surface area contributed by atoms with Crippen molar-refractivity contribution in [2.24, 2.45) is 0 Å². The van der Waals surface area contributed by atoms with Gasteiger partial charge in [0.2, 0.25) is 0 Å². The number of aromatic nitrogens is 1. The van der Waals surface area contributed by atoms with E-state index in [1.165, 1.54) is 12.3 Å². The van der Waals surface area contributed by atoms with Crippen LogP contribution in [-0.4, -0.2) is 34.8 Å². The van der Waals surface area contributed by atoms with E-state index in [2.05, 4.69) is 10.3 Å². The van der Waals surface area contributed by atoms with Crippen LogP contribution >= 0.6 is 11.6 Å². The molecule has 1 aromatic heterocycles. The molecule has 2 aromatic rings. The molecule has 0 saturated carbocycles. The Morgan fingerprint density at radius 1 is 1.17 bits per heavy atom. The van der Waals surface area contributed by atoms with E-state index in [0.29, 0.717) is 29.4 Å². The molecule has 0 spiro atoms. The number of nitrogens with one attached hydrogen (secondary N) is 1. The van der Waals surface area contributed by atoms with Gasteiger partial charge in [0.05, 0.1) is 0 Å². The van der Waals surface area contributed by atoms with Gasteiger partial charge in [0, 0.05) is 35.6 Å². The van der Waals surface area contributed by atoms with Crippen LogP contribution in [0.4, 0.5) is 5.69 Å². The second-order valence-corrected chi connectivity index (χ2v) is 5.31. The van der Waals surface area contributed by atoms with E-state index in [1.807, 2.05) is 13.8 Å². The van der Waals surface area contributed by atoms with Crippen molar-refractivity contribution >= 4 is 29.1 Å². The minimum Gasteiger partial charge on any atom is -0.339 e. The maximum atomic E-state index is 12.3. The van der Waals surface area contributed by atoms with Gasteiger partial charge in [-0.15, -0.1) is 0 Å². The number of anilines is 1. The number of carbonyl (C=O) groups excluding carboxylic acids is 2. The summed E-state index contributed by atoms with van der Waals surface area (Å²) in [6.07, 6.45) is 1.46. The lowest BCUT2D eigenvalue weighted by Crippen LogP contribution is -2.30. The first-order valence-electron chi connectivity index (χ1n) is 7.37. The van der Waals surface area contributed by atoms with E-state index in [9.17, 15) is 9.59 Å². The van der Waals surface area contributed by atoms with E-state index in [-0.39, 0.29) is 17.5 Å². The third-order valence-electron chi connectivity index (χ3n) is 3.37. The second kappa shape index (κ2) is 7.74. The fourth-order valence-electron chi connectivity index (χ4n) is 2.14. The van der Waals surface area contributed by atoms with Crippen molar-refractivity contribution in [2.45, 2.75) is 13.8 Å². The van der Waals surface area contributed by atoms with Gasteiger partial charge in [-0.3, -0.25) is 14.6 Å². The Balaban J connectivity index is 2.19. The van der Waals surface area contributed by atoms with Gasteiger partial charge in [-0.25, -0.2) is 0 Å². The van der Waals surface area contributed by atoms with E-state index >= 15 is 0 Å². The normalized spacial score (nSPS) is 10.2. The highest BCUT2D eigenvalue weighted by Gasteiger charge is 2.15. The molecule has 1 aromatic carbocycles. The number of halogens is 1. The third-order valence-corrected chi connectivity index (χ3v) is 3.61. The standard InChI is InChI=1S/C17H18ClN3O2/c1-3-21(4-2)17(23)12-8-9-19-15(10-12)16(22)20-14-7-5-6-13(18)11-14/h5-11H,3-4H2,1-2H3,(H,20,22). The quantitative estimate of drug-likeness (QED) is 0.912. The summed E-state index contributed by atoms with van der Waals surface area (Å²) < 4.78 is 0. The molecule has 6 heteroatoms. The van der Waals surface area contributed by atoms with Gasteiger partial charge in [-0.05, 0) is 44.2 Å². The summed E-state index contributed by atoms with van der Waals surface area (Å²) in [7, 11) is 0. The molecule has 0 radical (unpaired) electrons. The Labute approximate surface area is 140 Å². The molecule has 2 rings (SSSR count). The molecule has 0 bridgehead atoms. The molecule has 23 heavy (non-hydrogen) atoms. The summed E-state index contributed by atoms with van der Waals surface area (Å²) in [5.74, 6) is -0.504. The Hall–Kier alpha value is -2.40. The lowest BCUT2D eigenvalue weighted by atomic mass is 10.2. The van der Waals surface area contributed by atoms with Gasteiger partial charge in [0.25, 0.3) is 11.8 Å². The van der Waals surface area contributed by atoms with E-state index < -0.39 is 0 Å². The highest BCUT2D eigenvalue weighted by molar-refractivity contribution is 6.30. The largest absolute Gasteiger partial charge is 0.339 e. The molecule has 0 atom stereocenters. The number of pyridine rings is 1. The molecule has 1 N–H and O–H groups in total. The van der Waals surface area contributed by atoms with Crippen molar-refractivity contribution in [3.05, 3.63) is 58.9 Å². The Bertz CT molecular complexity index is 714. The van der Waals surface area contributed by atoms with Crippen molar-refractivity contribution < 1.29 is 9.59 Å². The summed E-state index contributed by atoms with van der Waals surface area (Å²) in [6, 6.07) is 9.95. The molecule has 0 aliphatic heterocycles. The molecule has 0 fully saturated rings. The van der Waals surface area contributed by atoms with Gasteiger partial charge in [0.15, 0.2) is 0 Å². The zero-order chi connectivity index (χ0) is 16.8. The molecule has 2 amide bonds.